The number of anilines is 1. The molecule has 25 heavy (non-hydrogen) atoms. The summed E-state index contributed by atoms with van der Waals surface area (Å²) in [7, 11) is 0. The number of nitrogens with zero attached hydrogens (tertiary/aromatic N) is 1. The van der Waals surface area contributed by atoms with Crippen molar-refractivity contribution >= 4 is 33.4 Å². The SMILES string of the molecule is O=C(CN1C(=O)C2(CCNCC2)c2c(Br)cccc21)NCC(F)(F)F. The Hall–Kier alpha value is -1.61. The van der Waals surface area contributed by atoms with Crippen LogP contribution in [0, 0.1) is 0 Å². The molecule has 0 saturated carbocycles. The van der Waals surface area contributed by atoms with Crippen LogP contribution in [0.15, 0.2) is 22.7 Å². The van der Waals surface area contributed by atoms with Crippen LogP contribution < -0.4 is 15.5 Å². The molecule has 2 amide bonds. The van der Waals surface area contributed by atoms with Crippen LogP contribution in [0.2, 0.25) is 0 Å². The Morgan fingerprint density at radius 2 is 2.00 bits per heavy atom. The van der Waals surface area contributed by atoms with Gasteiger partial charge in [-0.1, -0.05) is 22.0 Å². The van der Waals surface area contributed by atoms with Crippen LogP contribution in [0.3, 0.4) is 0 Å². The summed E-state index contributed by atoms with van der Waals surface area (Å²) < 4.78 is 37.6. The Balaban J connectivity index is 1.88. The predicted octanol–water partition coefficient (Wildman–Crippen LogP) is 2.10. The Morgan fingerprint density at radius 1 is 1.32 bits per heavy atom. The van der Waals surface area contributed by atoms with Crippen LogP contribution >= 0.6 is 15.9 Å². The fraction of sp³-hybridized carbons (Fsp3) is 0.500. The van der Waals surface area contributed by atoms with Gasteiger partial charge in [0.1, 0.15) is 13.1 Å². The lowest BCUT2D eigenvalue weighted by Gasteiger charge is -2.33. The molecule has 2 N–H and O–H groups in total. The lowest BCUT2D eigenvalue weighted by Crippen LogP contribution is -2.49. The average Bonchev–Trinajstić information content (AvgIpc) is 2.77. The number of carbonyl (C=O) groups excluding carboxylic acids is 2. The molecule has 1 spiro atoms. The Morgan fingerprint density at radius 3 is 2.64 bits per heavy atom. The quantitative estimate of drug-likeness (QED) is 0.788. The van der Waals surface area contributed by atoms with Crippen molar-refractivity contribution in [3.05, 3.63) is 28.2 Å². The summed E-state index contributed by atoms with van der Waals surface area (Å²) >= 11 is 3.49. The van der Waals surface area contributed by atoms with Crippen molar-refractivity contribution < 1.29 is 22.8 Å². The van der Waals surface area contributed by atoms with Gasteiger partial charge in [0.2, 0.25) is 11.8 Å². The lowest BCUT2D eigenvalue weighted by molar-refractivity contribution is -0.138. The van der Waals surface area contributed by atoms with Gasteiger partial charge in [0, 0.05) is 15.7 Å². The van der Waals surface area contributed by atoms with Gasteiger partial charge in [-0.05, 0) is 38.1 Å². The highest BCUT2D eigenvalue weighted by Gasteiger charge is 2.52. The summed E-state index contributed by atoms with van der Waals surface area (Å²) in [6.45, 7) is -0.497. The minimum absolute atomic E-state index is 0.224. The molecule has 0 aliphatic carbocycles. The standard InChI is InChI=1S/C16H17BrF3N3O2/c17-10-2-1-3-11-13(10)15(4-6-21-7-5-15)14(25)23(11)8-12(24)22-9-16(18,19)20/h1-3,21H,4-9H2,(H,22,24). The first-order chi connectivity index (χ1) is 11.7. The number of halogens is 4. The topological polar surface area (TPSA) is 61.4 Å². The van der Waals surface area contributed by atoms with Gasteiger partial charge in [-0.3, -0.25) is 9.59 Å². The Bertz CT molecular complexity index is 702. The Kier molecular flexibility index (Phi) is 4.80. The molecule has 5 nitrogen and oxygen atoms in total. The summed E-state index contributed by atoms with van der Waals surface area (Å²) in [5.74, 6) is -1.05. The van der Waals surface area contributed by atoms with Gasteiger partial charge in [0.05, 0.1) is 5.41 Å². The molecule has 1 aromatic carbocycles. The van der Waals surface area contributed by atoms with E-state index in [0.717, 1.165) is 10.0 Å². The van der Waals surface area contributed by atoms with E-state index in [1.165, 1.54) is 4.90 Å². The van der Waals surface area contributed by atoms with Gasteiger partial charge in [-0.2, -0.15) is 13.2 Å². The van der Waals surface area contributed by atoms with E-state index in [1.54, 1.807) is 12.1 Å². The smallest absolute Gasteiger partial charge is 0.345 e. The average molecular weight is 420 g/mol. The van der Waals surface area contributed by atoms with Crippen LogP contribution in [-0.2, 0) is 15.0 Å². The van der Waals surface area contributed by atoms with Gasteiger partial charge in [-0.25, -0.2) is 0 Å². The normalized spacial score (nSPS) is 19.2. The number of amides is 2. The van der Waals surface area contributed by atoms with Crippen molar-refractivity contribution in [2.75, 3.05) is 31.1 Å². The molecule has 9 heteroatoms. The highest BCUT2D eigenvalue weighted by Crippen LogP contribution is 2.49. The number of benzene rings is 1. The zero-order chi connectivity index (χ0) is 18.2. The van der Waals surface area contributed by atoms with Crippen LogP contribution in [0.5, 0.6) is 0 Å². The fourth-order valence-corrected chi connectivity index (χ4v) is 4.29. The van der Waals surface area contributed by atoms with Crippen molar-refractivity contribution in [2.24, 2.45) is 0 Å². The molecule has 0 atom stereocenters. The fourth-order valence-electron chi connectivity index (χ4n) is 3.56. The van der Waals surface area contributed by atoms with Gasteiger partial charge in [0.15, 0.2) is 0 Å². The summed E-state index contributed by atoms with van der Waals surface area (Å²) in [6, 6.07) is 5.31. The third-order valence-corrected chi connectivity index (χ3v) is 5.32. The number of rotatable bonds is 3. The second kappa shape index (κ2) is 6.60. The van der Waals surface area contributed by atoms with Crippen molar-refractivity contribution in [1.82, 2.24) is 10.6 Å². The van der Waals surface area contributed by atoms with E-state index in [9.17, 15) is 22.8 Å². The van der Waals surface area contributed by atoms with E-state index in [4.69, 9.17) is 0 Å². The molecule has 3 rings (SSSR count). The Labute approximate surface area is 151 Å². The van der Waals surface area contributed by atoms with E-state index in [-0.39, 0.29) is 5.91 Å². The molecule has 2 heterocycles. The van der Waals surface area contributed by atoms with Crippen LogP contribution in [-0.4, -0.2) is 44.2 Å². The first-order valence-electron chi connectivity index (χ1n) is 7.90. The second-order valence-corrected chi connectivity index (χ2v) is 7.10. The number of hydrogen-bond acceptors (Lipinski definition) is 3. The van der Waals surface area contributed by atoms with Crippen molar-refractivity contribution in [3.8, 4) is 0 Å². The third-order valence-electron chi connectivity index (χ3n) is 4.66. The minimum Gasteiger partial charge on any atom is -0.345 e. The summed E-state index contributed by atoms with van der Waals surface area (Å²) in [4.78, 5) is 26.3. The molecule has 136 valence electrons. The van der Waals surface area contributed by atoms with Crippen molar-refractivity contribution in [3.63, 3.8) is 0 Å². The molecule has 0 radical (unpaired) electrons. The monoisotopic (exact) mass is 419 g/mol. The molecule has 1 fully saturated rings. The van der Waals surface area contributed by atoms with Crippen LogP contribution in [0.25, 0.3) is 0 Å². The maximum absolute atomic E-state index is 13.1. The summed E-state index contributed by atoms with van der Waals surface area (Å²) in [5, 5.41) is 5.03. The highest BCUT2D eigenvalue weighted by atomic mass is 79.9. The molecule has 1 aromatic rings. The zero-order valence-electron chi connectivity index (χ0n) is 13.3. The number of carbonyl (C=O) groups is 2. The van der Waals surface area contributed by atoms with Crippen molar-refractivity contribution in [2.45, 2.75) is 24.4 Å². The molecule has 2 aliphatic heterocycles. The molecule has 0 unspecified atom stereocenters. The van der Waals surface area contributed by atoms with Crippen LogP contribution in [0.1, 0.15) is 18.4 Å². The molecule has 1 saturated heterocycles. The number of fused-ring (bicyclic) bond motifs is 2. The minimum atomic E-state index is -4.48. The van der Waals surface area contributed by atoms with E-state index in [1.807, 2.05) is 11.4 Å². The van der Waals surface area contributed by atoms with E-state index >= 15 is 0 Å². The number of piperidine rings is 1. The summed E-state index contributed by atoms with van der Waals surface area (Å²) in [6.07, 6.45) is -3.31. The van der Waals surface area contributed by atoms with Crippen molar-refractivity contribution in [1.29, 1.82) is 0 Å². The number of alkyl halides is 3. The van der Waals surface area contributed by atoms with Gasteiger partial charge < -0.3 is 15.5 Å². The van der Waals surface area contributed by atoms with E-state index in [0.29, 0.717) is 31.6 Å². The summed E-state index contributed by atoms with van der Waals surface area (Å²) in [5.41, 5.74) is 0.680. The van der Waals surface area contributed by atoms with Gasteiger partial charge in [0.25, 0.3) is 0 Å². The maximum atomic E-state index is 13.1. The molecule has 0 bridgehead atoms. The third kappa shape index (κ3) is 3.39. The van der Waals surface area contributed by atoms with E-state index < -0.39 is 30.6 Å². The first kappa shape index (κ1) is 18.2. The maximum Gasteiger partial charge on any atom is 0.405 e. The lowest BCUT2D eigenvalue weighted by atomic mass is 9.74. The second-order valence-electron chi connectivity index (χ2n) is 6.25. The first-order valence-corrected chi connectivity index (χ1v) is 8.69. The highest BCUT2D eigenvalue weighted by molar-refractivity contribution is 9.10. The molecular weight excluding hydrogens is 403 g/mol. The zero-order valence-corrected chi connectivity index (χ0v) is 14.8. The van der Waals surface area contributed by atoms with Gasteiger partial charge in [-0.15, -0.1) is 0 Å². The molecule has 0 aromatic heterocycles. The number of hydrogen-bond donors (Lipinski definition) is 2. The predicted molar refractivity (Wildman–Crippen MR) is 89.3 cm³/mol. The molecule has 2 aliphatic rings. The van der Waals surface area contributed by atoms with Gasteiger partial charge >= 0.3 is 6.18 Å². The largest absolute Gasteiger partial charge is 0.405 e. The van der Waals surface area contributed by atoms with E-state index in [2.05, 4.69) is 21.2 Å². The van der Waals surface area contributed by atoms with Crippen LogP contribution in [0.4, 0.5) is 18.9 Å². The molecular formula is C16H17BrF3N3O2. The number of nitrogens with one attached hydrogen (secondary N) is 2.